The number of aromatic nitrogens is 2. The first-order valence-electron chi connectivity index (χ1n) is 8.43. The Morgan fingerprint density at radius 2 is 1.82 bits per heavy atom. The number of carbonyl (C=O) groups excluding carboxylic acids is 2. The van der Waals surface area contributed by atoms with Gasteiger partial charge in [-0.2, -0.15) is 5.10 Å². The number of hydrogen-bond acceptors (Lipinski definition) is 5. The molecule has 3 rings (SSSR count). The molecule has 0 saturated carbocycles. The number of nitrogens with zero attached hydrogens (tertiary/aromatic N) is 2. The zero-order valence-electron chi connectivity index (χ0n) is 15.1. The van der Waals surface area contributed by atoms with E-state index in [-0.39, 0.29) is 6.61 Å². The highest BCUT2D eigenvalue weighted by molar-refractivity contribution is 6.30. The number of aliphatic hydroxyl groups excluding tert-OH is 1. The Bertz CT molecular complexity index is 982. The molecule has 0 fully saturated rings. The molecule has 0 aliphatic rings. The molecule has 2 aromatic carbocycles. The summed E-state index contributed by atoms with van der Waals surface area (Å²) in [7, 11) is 1.70. The third-order valence-electron chi connectivity index (χ3n) is 3.99. The predicted molar refractivity (Wildman–Crippen MR) is 105 cm³/mol. The minimum atomic E-state index is -0.619. The summed E-state index contributed by atoms with van der Waals surface area (Å²) in [5, 5.41) is 16.7. The van der Waals surface area contributed by atoms with E-state index in [0.717, 1.165) is 5.56 Å². The lowest BCUT2D eigenvalue weighted by Gasteiger charge is -2.07. The molecule has 0 spiro atoms. The minimum Gasteiger partial charge on any atom is -0.452 e. The molecular weight excluding hydrogens is 382 g/mol. The number of ether oxygens (including phenoxy) is 1. The van der Waals surface area contributed by atoms with Crippen molar-refractivity contribution >= 4 is 29.3 Å². The van der Waals surface area contributed by atoms with Crippen LogP contribution >= 0.6 is 11.6 Å². The summed E-state index contributed by atoms with van der Waals surface area (Å²) in [4.78, 5) is 24.1. The predicted octanol–water partition coefficient (Wildman–Crippen LogP) is 3.03. The zero-order chi connectivity index (χ0) is 20.1. The van der Waals surface area contributed by atoms with Gasteiger partial charge in [0, 0.05) is 23.7 Å². The van der Waals surface area contributed by atoms with Crippen LogP contribution in [0.15, 0.2) is 54.6 Å². The van der Waals surface area contributed by atoms with Crippen molar-refractivity contribution in [1.82, 2.24) is 9.78 Å². The highest BCUT2D eigenvalue weighted by Crippen LogP contribution is 2.23. The second kappa shape index (κ2) is 8.69. The van der Waals surface area contributed by atoms with Crippen molar-refractivity contribution in [2.75, 3.05) is 11.9 Å². The van der Waals surface area contributed by atoms with Crippen LogP contribution in [-0.4, -0.2) is 33.4 Å². The third kappa shape index (κ3) is 4.76. The van der Waals surface area contributed by atoms with E-state index in [4.69, 9.17) is 21.4 Å². The molecule has 0 unspecified atom stereocenters. The van der Waals surface area contributed by atoms with Gasteiger partial charge in [0.25, 0.3) is 5.91 Å². The van der Waals surface area contributed by atoms with E-state index < -0.39 is 18.5 Å². The summed E-state index contributed by atoms with van der Waals surface area (Å²) in [5.74, 6) is -0.629. The van der Waals surface area contributed by atoms with Gasteiger partial charge in [0.2, 0.25) is 0 Å². The Kier molecular flexibility index (Phi) is 6.08. The second-order valence-corrected chi connectivity index (χ2v) is 6.46. The number of hydrogen-bond donors (Lipinski definition) is 2. The first kappa shape index (κ1) is 19.6. The molecule has 0 atom stereocenters. The van der Waals surface area contributed by atoms with Gasteiger partial charge >= 0.3 is 5.97 Å². The Hall–Kier alpha value is -3.16. The lowest BCUT2D eigenvalue weighted by Crippen LogP contribution is -2.22. The van der Waals surface area contributed by atoms with Crippen molar-refractivity contribution < 1.29 is 19.4 Å². The molecule has 2 N–H and O–H groups in total. The molecule has 1 amide bonds. The second-order valence-electron chi connectivity index (χ2n) is 6.02. The molecule has 0 radical (unpaired) electrons. The smallest absolute Gasteiger partial charge is 0.338 e. The normalized spacial score (nSPS) is 10.5. The number of aliphatic hydroxyl groups is 1. The maximum atomic E-state index is 12.1. The molecule has 0 saturated heterocycles. The van der Waals surface area contributed by atoms with Gasteiger partial charge < -0.3 is 15.2 Å². The lowest BCUT2D eigenvalue weighted by atomic mass is 10.1. The Labute approximate surface area is 166 Å². The van der Waals surface area contributed by atoms with Crippen molar-refractivity contribution in [1.29, 1.82) is 0 Å². The first-order chi connectivity index (χ1) is 13.5. The molecule has 1 aromatic heterocycles. The van der Waals surface area contributed by atoms with Crippen LogP contribution in [-0.2, 0) is 23.2 Å². The van der Waals surface area contributed by atoms with Gasteiger partial charge in [0.1, 0.15) is 5.82 Å². The number of nitrogens with one attached hydrogen (secondary N) is 1. The molecule has 3 aromatic rings. The number of aryl methyl sites for hydroxylation is 1. The average Bonchev–Trinajstić information content (AvgIpc) is 3.07. The van der Waals surface area contributed by atoms with Gasteiger partial charge in [-0.25, -0.2) is 4.79 Å². The van der Waals surface area contributed by atoms with Gasteiger partial charge in [-0.05, 0) is 29.8 Å². The van der Waals surface area contributed by atoms with E-state index in [1.807, 2.05) is 12.1 Å². The SMILES string of the molecule is Cn1nc(-c2ccc(Cl)cc2)cc1NC(=O)COC(=O)c1ccc(CO)cc1. The van der Waals surface area contributed by atoms with Crippen LogP contribution in [0, 0.1) is 0 Å². The molecular formula is C20H18ClN3O4. The molecule has 0 aliphatic carbocycles. The van der Waals surface area contributed by atoms with E-state index in [0.29, 0.717) is 27.7 Å². The molecule has 144 valence electrons. The fourth-order valence-electron chi connectivity index (χ4n) is 2.49. The van der Waals surface area contributed by atoms with Crippen LogP contribution in [0.2, 0.25) is 5.02 Å². The van der Waals surface area contributed by atoms with Crippen LogP contribution in [0.25, 0.3) is 11.3 Å². The summed E-state index contributed by atoms with van der Waals surface area (Å²) >= 11 is 5.89. The Morgan fingerprint density at radius 3 is 2.46 bits per heavy atom. The van der Waals surface area contributed by atoms with Crippen LogP contribution in [0.5, 0.6) is 0 Å². The van der Waals surface area contributed by atoms with Crippen molar-refractivity contribution in [3.05, 3.63) is 70.7 Å². The number of carbonyl (C=O) groups is 2. The average molecular weight is 400 g/mol. The maximum absolute atomic E-state index is 12.1. The number of benzene rings is 2. The van der Waals surface area contributed by atoms with Crippen molar-refractivity contribution in [2.45, 2.75) is 6.61 Å². The highest BCUT2D eigenvalue weighted by atomic mass is 35.5. The zero-order valence-corrected chi connectivity index (χ0v) is 15.8. The number of amides is 1. The fraction of sp³-hybridized carbons (Fsp3) is 0.150. The highest BCUT2D eigenvalue weighted by Gasteiger charge is 2.13. The number of anilines is 1. The standard InChI is InChI=1S/C20H18ClN3O4/c1-24-18(10-17(23-24)14-6-8-16(21)9-7-14)22-19(26)12-28-20(27)15-4-2-13(11-25)3-5-15/h2-10,25H,11-12H2,1H3,(H,22,26). The quantitative estimate of drug-likeness (QED) is 0.621. The van der Waals surface area contributed by atoms with Crippen molar-refractivity contribution in [3.8, 4) is 11.3 Å². The van der Waals surface area contributed by atoms with E-state index in [1.165, 1.54) is 16.8 Å². The molecule has 8 heteroatoms. The first-order valence-corrected chi connectivity index (χ1v) is 8.81. The topological polar surface area (TPSA) is 93.5 Å². The van der Waals surface area contributed by atoms with Crippen molar-refractivity contribution in [2.24, 2.45) is 7.05 Å². The third-order valence-corrected chi connectivity index (χ3v) is 4.25. The number of rotatable bonds is 6. The molecule has 28 heavy (non-hydrogen) atoms. The summed E-state index contributed by atoms with van der Waals surface area (Å²) in [5.41, 5.74) is 2.52. The van der Waals surface area contributed by atoms with Crippen LogP contribution in [0.1, 0.15) is 15.9 Å². The van der Waals surface area contributed by atoms with Crippen LogP contribution in [0.4, 0.5) is 5.82 Å². The molecule has 7 nitrogen and oxygen atoms in total. The van der Waals surface area contributed by atoms with E-state index in [9.17, 15) is 9.59 Å². The van der Waals surface area contributed by atoms with E-state index in [1.54, 1.807) is 37.4 Å². The minimum absolute atomic E-state index is 0.111. The number of esters is 1. The van der Waals surface area contributed by atoms with Crippen LogP contribution < -0.4 is 5.32 Å². The summed E-state index contributed by atoms with van der Waals surface area (Å²) in [6.45, 7) is -0.539. The van der Waals surface area contributed by atoms with Gasteiger partial charge in [-0.1, -0.05) is 35.9 Å². The largest absolute Gasteiger partial charge is 0.452 e. The molecule has 0 bridgehead atoms. The van der Waals surface area contributed by atoms with Gasteiger partial charge in [0.05, 0.1) is 17.9 Å². The summed E-state index contributed by atoms with van der Waals surface area (Å²) in [6.07, 6.45) is 0. The van der Waals surface area contributed by atoms with Gasteiger partial charge in [0.15, 0.2) is 6.61 Å². The summed E-state index contributed by atoms with van der Waals surface area (Å²) in [6, 6.07) is 15.2. The monoisotopic (exact) mass is 399 g/mol. The lowest BCUT2D eigenvalue weighted by molar-refractivity contribution is -0.119. The number of halogens is 1. The fourth-order valence-corrected chi connectivity index (χ4v) is 2.61. The Morgan fingerprint density at radius 1 is 1.14 bits per heavy atom. The van der Waals surface area contributed by atoms with E-state index >= 15 is 0 Å². The maximum Gasteiger partial charge on any atom is 0.338 e. The molecule has 0 aliphatic heterocycles. The summed E-state index contributed by atoms with van der Waals surface area (Å²) < 4.78 is 6.55. The van der Waals surface area contributed by atoms with Gasteiger partial charge in [-0.15, -0.1) is 0 Å². The van der Waals surface area contributed by atoms with E-state index in [2.05, 4.69) is 10.4 Å². The van der Waals surface area contributed by atoms with Gasteiger partial charge in [-0.3, -0.25) is 9.48 Å². The molecule has 1 heterocycles. The van der Waals surface area contributed by atoms with Crippen molar-refractivity contribution in [3.63, 3.8) is 0 Å². The Balaban J connectivity index is 1.58. The van der Waals surface area contributed by atoms with Crippen LogP contribution in [0.3, 0.4) is 0 Å².